The molecule has 2 aromatic rings. The molecule has 1 unspecified atom stereocenters. The third kappa shape index (κ3) is 4.90. The van der Waals surface area contributed by atoms with E-state index in [1.54, 1.807) is 0 Å². The molecule has 2 aromatic carbocycles. The third-order valence-corrected chi connectivity index (χ3v) is 3.68. The van der Waals surface area contributed by atoms with Crippen molar-refractivity contribution in [2.45, 2.75) is 12.5 Å². The number of amides is 1. The molecule has 0 fully saturated rings. The molecular formula is C19H20N2O5. The Morgan fingerprint density at radius 1 is 0.962 bits per heavy atom. The predicted octanol–water partition coefficient (Wildman–Crippen LogP) is 1.77. The van der Waals surface area contributed by atoms with Crippen LogP contribution in [0.5, 0.6) is 0 Å². The van der Waals surface area contributed by atoms with E-state index >= 15 is 0 Å². The van der Waals surface area contributed by atoms with Crippen LogP contribution in [0, 0.1) is 0 Å². The minimum Gasteiger partial charge on any atom is -0.465 e. The Hall–Kier alpha value is -3.19. The molecule has 1 amide bonds. The summed E-state index contributed by atoms with van der Waals surface area (Å²) in [5.41, 5.74) is 7.35. The molecule has 0 aromatic heterocycles. The Balaban J connectivity index is 2.19. The lowest BCUT2D eigenvalue weighted by Crippen LogP contribution is -2.37. The summed E-state index contributed by atoms with van der Waals surface area (Å²) in [7, 11) is 2.45. The van der Waals surface area contributed by atoms with Gasteiger partial charge < -0.3 is 20.5 Å². The topological polar surface area (TPSA) is 108 Å². The van der Waals surface area contributed by atoms with E-state index in [-0.39, 0.29) is 16.8 Å². The van der Waals surface area contributed by atoms with Crippen molar-refractivity contribution in [3.05, 3.63) is 65.2 Å². The molecule has 0 heterocycles. The summed E-state index contributed by atoms with van der Waals surface area (Å²) in [6.45, 7) is 0. The fraction of sp³-hybridized carbons (Fsp3) is 0.211. The zero-order chi connectivity index (χ0) is 19.1. The summed E-state index contributed by atoms with van der Waals surface area (Å²) in [5.74, 6) is -1.72. The van der Waals surface area contributed by atoms with E-state index in [1.165, 1.54) is 32.4 Å². The number of anilines is 1. The van der Waals surface area contributed by atoms with Gasteiger partial charge in [-0.1, -0.05) is 30.3 Å². The van der Waals surface area contributed by atoms with Crippen molar-refractivity contribution >= 4 is 23.5 Å². The van der Waals surface area contributed by atoms with Crippen LogP contribution < -0.4 is 11.1 Å². The number of hydrogen-bond donors (Lipinski definition) is 2. The normalized spacial score (nSPS) is 11.3. The second-order valence-electron chi connectivity index (χ2n) is 5.57. The van der Waals surface area contributed by atoms with Crippen LogP contribution in [0.25, 0.3) is 0 Å². The van der Waals surface area contributed by atoms with E-state index in [9.17, 15) is 14.4 Å². The smallest absolute Gasteiger partial charge is 0.337 e. The number of methoxy groups -OCH3 is 2. The van der Waals surface area contributed by atoms with E-state index in [4.69, 9.17) is 5.73 Å². The second-order valence-corrected chi connectivity index (χ2v) is 5.57. The Morgan fingerprint density at radius 2 is 1.50 bits per heavy atom. The van der Waals surface area contributed by atoms with Gasteiger partial charge in [0.1, 0.15) is 0 Å². The van der Waals surface area contributed by atoms with Crippen LogP contribution in [0.3, 0.4) is 0 Å². The lowest BCUT2D eigenvalue weighted by molar-refractivity contribution is -0.117. The zero-order valence-corrected chi connectivity index (χ0v) is 14.5. The molecule has 136 valence electrons. The van der Waals surface area contributed by atoms with Crippen molar-refractivity contribution in [1.29, 1.82) is 0 Å². The van der Waals surface area contributed by atoms with Crippen molar-refractivity contribution < 1.29 is 23.9 Å². The molecule has 0 bridgehead atoms. The van der Waals surface area contributed by atoms with Gasteiger partial charge in [0.15, 0.2) is 0 Å². The summed E-state index contributed by atoms with van der Waals surface area (Å²) >= 11 is 0. The van der Waals surface area contributed by atoms with Crippen LogP contribution >= 0.6 is 0 Å². The number of carbonyl (C=O) groups is 3. The maximum absolute atomic E-state index is 12.3. The number of hydrogen-bond acceptors (Lipinski definition) is 6. The maximum atomic E-state index is 12.3. The average molecular weight is 356 g/mol. The predicted molar refractivity (Wildman–Crippen MR) is 95.9 cm³/mol. The molecule has 0 aliphatic carbocycles. The van der Waals surface area contributed by atoms with Crippen LogP contribution in [0.2, 0.25) is 0 Å². The monoisotopic (exact) mass is 356 g/mol. The van der Waals surface area contributed by atoms with E-state index in [0.717, 1.165) is 5.56 Å². The van der Waals surface area contributed by atoms with Gasteiger partial charge in [-0.3, -0.25) is 4.79 Å². The van der Waals surface area contributed by atoms with Gasteiger partial charge in [-0.25, -0.2) is 9.59 Å². The molecule has 0 radical (unpaired) electrons. The Labute approximate surface area is 151 Å². The van der Waals surface area contributed by atoms with Crippen molar-refractivity contribution in [1.82, 2.24) is 0 Å². The average Bonchev–Trinajstić information content (AvgIpc) is 2.67. The summed E-state index contributed by atoms with van der Waals surface area (Å²) in [4.78, 5) is 35.9. The highest BCUT2D eigenvalue weighted by atomic mass is 16.5. The molecule has 1 atom stereocenters. The van der Waals surface area contributed by atoms with Crippen molar-refractivity contribution in [3.8, 4) is 0 Å². The summed E-state index contributed by atoms with van der Waals surface area (Å²) in [6, 6.07) is 12.7. The third-order valence-electron chi connectivity index (χ3n) is 3.68. The van der Waals surface area contributed by atoms with Gasteiger partial charge in [0.25, 0.3) is 0 Å². The van der Waals surface area contributed by atoms with Crippen LogP contribution in [-0.4, -0.2) is 38.1 Å². The first-order chi connectivity index (χ1) is 12.4. The Morgan fingerprint density at radius 3 is 2.00 bits per heavy atom. The van der Waals surface area contributed by atoms with Gasteiger partial charge in [-0.15, -0.1) is 0 Å². The number of nitrogens with two attached hydrogens (primary N) is 1. The van der Waals surface area contributed by atoms with Gasteiger partial charge >= 0.3 is 11.9 Å². The van der Waals surface area contributed by atoms with Gasteiger partial charge in [0.05, 0.1) is 31.4 Å². The SMILES string of the molecule is COC(=O)c1cc(NC(=O)C(N)Cc2ccccc2)cc(C(=O)OC)c1. The molecule has 2 rings (SSSR count). The van der Waals surface area contributed by atoms with Gasteiger partial charge in [-0.2, -0.15) is 0 Å². The van der Waals surface area contributed by atoms with Gasteiger partial charge in [-0.05, 0) is 30.2 Å². The fourth-order valence-corrected chi connectivity index (χ4v) is 2.37. The molecule has 0 aliphatic rings. The first kappa shape index (κ1) is 19.1. The number of benzene rings is 2. The molecule has 26 heavy (non-hydrogen) atoms. The van der Waals surface area contributed by atoms with Crippen molar-refractivity contribution in [2.75, 3.05) is 19.5 Å². The maximum Gasteiger partial charge on any atom is 0.337 e. The molecule has 0 spiro atoms. The lowest BCUT2D eigenvalue weighted by atomic mass is 10.1. The molecule has 0 saturated heterocycles. The molecule has 0 aliphatic heterocycles. The summed E-state index contributed by atoms with van der Waals surface area (Å²) in [5, 5.41) is 2.62. The minimum absolute atomic E-state index is 0.113. The van der Waals surface area contributed by atoms with Crippen LogP contribution in [-0.2, 0) is 20.7 Å². The number of ether oxygens (including phenoxy) is 2. The Kier molecular flexibility index (Phi) is 6.46. The standard InChI is InChI=1S/C19H20N2O5/c1-25-18(23)13-9-14(19(24)26-2)11-15(10-13)21-17(22)16(20)8-12-6-4-3-5-7-12/h3-7,9-11,16H,8,20H2,1-2H3,(H,21,22). The van der Waals surface area contributed by atoms with E-state index in [1.807, 2.05) is 30.3 Å². The highest BCUT2D eigenvalue weighted by Crippen LogP contribution is 2.17. The van der Waals surface area contributed by atoms with Crippen LogP contribution in [0.1, 0.15) is 26.3 Å². The van der Waals surface area contributed by atoms with Crippen molar-refractivity contribution in [3.63, 3.8) is 0 Å². The first-order valence-electron chi connectivity index (χ1n) is 7.86. The number of esters is 2. The number of carbonyl (C=O) groups excluding carboxylic acids is 3. The summed E-state index contributed by atoms with van der Waals surface area (Å²) in [6.07, 6.45) is 0.354. The quantitative estimate of drug-likeness (QED) is 0.764. The second kappa shape index (κ2) is 8.77. The molecule has 7 nitrogen and oxygen atoms in total. The largest absolute Gasteiger partial charge is 0.465 e. The molecular weight excluding hydrogens is 336 g/mol. The first-order valence-corrected chi connectivity index (χ1v) is 7.86. The molecule has 3 N–H and O–H groups in total. The van der Waals surface area contributed by atoms with E-state index < -0.39 is 23.9 Å². The van der Waals surface area contributed by atoms with E-state index in [0.29, 0.717) is 6.42 Å². The minimum atomic E-state index is -0.791. The van der Waals surface area contributed by atoms with Crippen molar-refractivity contribution in [2.24, 2.45) is 5.73 Å². The fourth-order valence-electron chi connectivity index (χ4n) is 2.37. The van der Waals surface area contributed by atoms with Gasteiger partial charge in [0, 0.05) is 5.69 Å². The zero-order valence-electron chi connectivity index (χ0n) is 14.5. The number of nitrogens with one attached hydrogen (secondary N) is 1. The highest BCUT2D eigenvalue weighted by molar-refractivity contribution is 6.00. The lowest BCUT2D eigenvalue weighted by Gasteiger charge is -2.14. The van der Waals surface area contributed by atoms with E-state index in [2.05, 4.69) is 14.8 Å². The number of rotatable bonds is 6. The summed E-state index contributed by atoms with van der Waals surface area (Å²) < 4.78 is 9.33. The Bertz CT molecular complexity index is 771. The van der Waals surface area contributed by atoms with Crippen LogP contribution in [0.4, 0.5) is 5.69 Å². The molecule has 0 saturated carbocycles. The molecule has 7 heteroatoms. The van der Waals surface area contributed by atoms with Gasteiger partial charge in [0.2, 0.25) is 5.91 Å². The highest BCUT2D eigenvalue weighted by Gasteiger charge is 2.18. The van der Waals surface area contributed by atoms with Crippen LogP contribution in [0.15, 0.2) is 48.5 Å².